The highest BCUT2D eigenvalue weighted by Crippen LogP contribution is 2.22. The lowest BCUT2D eigenvalue weighted by Crippen LogP contribution is -2.23. The SMILES string of the molecule is CCCCc1cccc(N2C=C(CC(C)OC(=O)CC)N=CC2)c1. The Morgan fingerprint density at radius 2 is 2.21 bits per heavy atom. The average Bonchev–Trinajstić information content (AvgIpc) is 2.60. The number of nitrogens with zero attached hydrogens (tertiary/aromatic N) is 2. The summed E-state index contributed by atoms with van der Waals surface area (Å²) in [5, 5.41) is 0. The number of aryl methyl sites for hydroxylation is 1. The molecule has 1 heterocycles. The van der Waals surface area contributed by atoms with Crippen LogP contribution in [0.5, 0.6) is 0 Å². The normalized spacial score (nSPS) is 15.1. The number of unbranched alkanes of at least 4 members (excludes halogenated alkanes) is 1. The Morgan fingerprint density at radius 1 is 1.38 bits per heavy atom. The number of anilines is 1. The van der Waals surface area contributed by atoms with Crippen LogP contribution in [-0.4, -0.2) is 24.8 Å². The molecule has 0 N–H and O–H groups in total. The molecule has 1 aromatic carbocycles. The van der Waals surface area contributed by atoms with Gasteiger partial charge in [-0.15, -0.1) is 0 Å². The number of hydrogen-bond acceptors (Lipinski definition) is 4. The number of carbonyl (C=O) groups is 1. The Morgan fingerprint density at radius 3 is 2.96 bits per heavy atom. The molecule has 1 atom stereocenters. The van der Waals surface area contributed by atoms with E-state index in [0.717, 1.165) is 18.7 Å². The zero-order valence-corrected chi connectivity index (χ0v) is 15.0. The van der Waals surface area contributed by atoms with Gasteiger partial charge in [0.1, 0.15) is 6.10 Å². The van der Waals surface area contributed by atoms with Gasteiger partial charge in [-0.2, -0.15) is 0 Å². The standard InChI is InChI=1S/C20H28N2O2/c1-4-6-8-17-9-7-10-19(14-17)22-12-11-21-18(15-22)13-16(3)24-20(23)5-2/h7,9-11,14-16H,4-6,8,12-13H2,1-3H3. The van der Waals surface area contributed by atoms with Crippen molar-refractivity contribution in [2.75, 3.05) is 11.4 Å². The molecule has 0 fully saturated rings. The fourth-order valence-corrected chi connectivity index (χ4v) is 2.71. The van der Waals surface area contributed by atoms with Crippen LogP contribution in [0, 0.1) is 0 Å². The number of hydrogen-bond donors (Lipinski definition) is 0. The van der Waals surface area contributed by atoms with E-state index < -0.39 is 0 Å². The second-order valence-electron chi connectivity index (χ2n) is 6.22. The van der Waals surface area contributed by atoms with Crippen LogP contribution in [0.4, 0.5) is 5.69 Å². The number of rotatable bonds is 8. The third kappa shape index (κ3) is 5.52. The maximum atomic E-state index is 11.4. The molecule has 0 radical (unpaired) electrons. The Bertz CT molecular complexity index is 607. The van der Waals surface area contributed by atoms with Crippen LogP contribution < -0.4 is 4.90 Å². The highest BCUT2D eigenvalue weighted by atomic mass is 16.5. The van der Waals surface area contributed by atoms with Gasteiger partial charge in [0.25, 0.3) is 0 Å². The molecule has 4 nitrogen and oxygen atoms in total. The fraction of sp³-hybridized carbons (Fsp3) is 0.500. The van der Waals surface area contributed by atoms with E-state index in [9.17, 15) is 4.79 Å². The third-order valence-corrected chi connectivity index (χ3v) is 4.02. The maximum Gasteiger partial charge on any atom is 0.305 e. The molecule has 1 aliphatic rings. The first-order chi connectivity index (χ1) is 11.6. The molecular formula is C20H28N2O2. The first-order valence-corrected chi connectivity index (χ1v) is 8.90. The quantitative estimate of drug-likeness (QED) is 0.660. The van der Waals surface area contributed by atoms with E-state index in [1.54, 1.807) is 6.92 Å². The number of esters is 1. The maximum absolute atomic E-state index is 11.4. The zero-order chi connectivity index (χ0) is 17.4. The van der Waals surface area contributed by atoms with E-state index in [1.165, 1.54) is 24.1 Å². The summed E-state index contributed by atoms with van der Waals surface area (Å²) in [6, 6.07) is 8.69. The van der Waals surface area contributed by atoms with Crippen LogP contribution in [0.2, 0.25) is 0 Å². The van der Waals surface area contributed by atoms with Gasteiger partial charge in [-0.25, -0.2) is 0 Å². The topological polar surface area (TPSA) is 41.9 Å². The van der Waals surface area contributed by atoms with Crippen molar-refractivity contribution in [3.8, 4) is 0 Å². The second-order valence-corrected chi connectivity index (χ2v) is 6.22. The van der Waals surface area contributed by atoms with Gasteiger partial charge >= 0.3 is 5.97 Å². The van der Waals surface area contributed by atoms with Crippen molar-refractivity contribution < 1.29 is 9.53 Å². The summed E-state index contributed by atoms with van der Waals surface area (Å²) in [5.74, 6) is -0.164. The number of carbonyl (C=O) groups excluding carboxylic acids is 1. The minimum Gasteiger partial charge on any atom is -0.462 e. The molecule has 0 spiro atoms. The van der Waals surface area contributed by atoms with Crippen LogP contribution in [0.3, 0.4) is 0 Å². The predicted octanol–water partition coefficient (Wildman–Crippen LogP) is 4.49. The van der Waals surface area contributed by atoms with Crippen LogP contribution >= 0.6 is 0 Å². The minimum atomic E-state index is -0.164. The lowest BCUT2D eigenvalue weighted by molar-refractivity contribution is -0.147. The fourth-order valence-electron chi connectivity index (χ4n) is 2.71. The summed E-state index contributed by atoms with van der Waals surface area (Å²) < 4.78 is 5.33. The van der Waals surface area contributed by atoms with E-state index in [4.69, 9.17) is 4.74 Å². The van der Waals surface area contributed by atoms with E-state index in [0.29, 0.717) is 12.8 Å². The molecule has 1 unspecified atom stereocenters. The monoisotopic (exact) mass is 328 g/mol. The summed E-state index contributed by atoms with van der Waals surface area (Å²) in [6.45, 7) is 6.70. The highest BCUT2D eigenvalue weighted by Gasteiger charge is 2.14. The smallest absolute Gasteiger partial charge is 0.305 e. The molecule has 130 valence electrons. The molecule has 1 aromatic rings. The summed E-state index contributed by atoms with van der Waals surface area (Å²) >= 11 is 0. The second kappa shape index (κ2) is 9.26. The van der Waals surface area contributed by atoms with E-state index in [1.807, 2.05) is 13.1 Å². The van der Waals surface area contributed by atoms with Crippen molar-refractivity contribution >= 4 is 17.9 Å². The van der Waals surface area contributed by atoms with Crippen molar-refractivity contribution in [1.29, 1.82) is 0 Å². The minimum absolute atomic E-state index is 0.156. The highest BCUT2D eigenvalue weighted by molar-refractivity contribution is 5.71. The number of ether oxygens (including phenoxy) is 1. The van der Waals surface area contributed by atoms with Crippen LogP contribution in [0.25, 0.3) is 0 Å². The summed E-state index contributed by atoms with van der Waals surface area (Å²) in [4.78, 5) is 18.0. The lowest BCUT2D eigenvalue weighted by atomic mass is 10.1. The first-order valence-electron chi connectivity index (χ1n) is 8.90. The van der Waals surface area contributed by atoms with Gasteiger partial charge in [0.2, 0.25) is 0 Å². The summed E-state index contributed by atoms with van der Waals surface area (Å²) in [5.41, 5.74) is 3.50. The van der Waals surface area contributed by atoms with Crippen molar-refractivity contribution in [3.63, 3.8) is 0 Å². The number of benzene rings is 1. The van der Waals surface area contributed by atoms with Crippen molar-refractivity contribution in [2.24, 2.45) is 4.99 Å². The zero-order valence-electron chi connectivity index (χ0n) is 15.0. The Hall–Kier alpha value is -2.10. The average molecular weight is 328 g/mol. The van der Waals surface area contributed by atoms with Gasteiger partial charge < -0.3 is 9.64 Å². The van der Waals surface area contributed by atoms with Crippen molar-refractivity contribution in [3.05, 3.63) is 41.7 Å². The van der Waals surface area contributed by atoms with Crippen molar-refractivity contribution in [1.82, 2.24) is 0 Å². The largest absolute Gasteiger partial charge is 0.462 e. The summed E-state index contributed by atoms with van der Waals surface area (Å²) in [6.07, 6.45) is 8.41. The van der Waals surface area contributed by atoms with Gasteiger partial charge in [0.15, 0.2) is 0 Å². The summed E-state index contributed by atoms with van der Waals surface area (Å²) in [7, 11) is 0. The van der Waals surface area contributed by atoms with Gasteiger partial charge in [0, 0.05) is 30.9 Å². The Kier molecular flexibility index (Phi) is 7.04. The molecule has 0 saturated heterocycles. The lowest BCUT2D eigenvalue weighted by Gasteiger charge is -2.24. The molecule has 0 saturated carbocycles. The van der Waals surface area contributed by atoms with E-state index in [-0.39, 0.29) is 12.1 Å². The third-order valence-electron chi connectivity index (χ3n) is 4.02. The predicted molar refractivity (Wildman–Crippen MR) is 99.4 cm³/mol. The van der Waals surface area contributed by atoms with Crippen LogP contribution in [-0.2, 0) is 16.0 Å². The molecule has 24 heavy (non-hydrogen) atoms. The first kappa shape index (κ1) is 18.2. The molecule has 0 bridgehead atoms. The van der Waals surface area contributed by atoms with E-state index in [2.05, 4.69) is 47.3 Å². The van der Waals surface area contributed by atoms with Gasteiger partial charge in [-0.1, -0.05) is 32.4 Å². The molecule has 2 rings (SSSR count). The molecular weight excluding hydrogens is 300 g/mol. The molecule has 0 aliphatic carbocycles. The Balaban J connectivity index is 2.02. The van der Waals surface area contributed by atoms with Crippen molar-refractivity contribution in [2.45, 2.75) is 59.0 Å². The molecule has 4 heteroatoms. The van der Waals surface area contributed by atoms with Gasteiger partial charge in [-0.05, 0) is 37.5 Å². The van der Waals surface area contributed by atoms with Crippen LogP contribution in [0.15, 0.2) is 41.2 Å². The Labute approximate surface area is 145 Å². The van der Waals surface area contributed by atoms with Gasteiger partial charge in [0.05, 0.1) is 12.2 Å². The van der Waals surface area contributed by atoms with Crippen LogP contribution in [0.1, 0.15) is 52.0 Å². The van der Waals surface area contributed by atoms with E-state index >= 15 is 0 Å². The van der Waals surface area contributed by atoms with Gasteiger partial charge in [-0.3, -0.25) is 9.79 Å². The molecule has 0 aromatic heterocycles. The molecule has 1 aliphatic heterocycles. The molecule has 0 amide bonds. The number of aliphatic imine (C=N–C) groups is 1.